The van der Waals surface area contributed by atoms with Gasteiger partial charge in [0.25, 0.3) is 5.89 Å². The van der Waals surface area contributed by atoms with Gasteiger partial charge in [0.15, 0.2) is 11.5 Å². The first-order valence-electron chi connectivity index (χ1n) is 7.54. The lowest BCUT2D eigenvalue weighted by molar-refractivity contribution is -0.120. The Morgan fingerprint density at radius 1 is 1.39 bits per heavy atom. The van der Waals surface area contributed by atoms with Crippen molar-refractivity contribution < 1.29 is 9.32 Å². The van der Waals surface area contributed by atoms with Gasteiger partial charge in [-0.2, -0.15) is 4.98 Å². The smallest absolute Gasteiger partial charge is 0.259 e. The highest BCUT2D eigenvalue weighted by atomic mass is 16.5. The van der Waals surface area contributed by atoms with Crippen LogP contribution >= 0.6 is 0 Å². The van der Waals surface area contributed by atoms with Crippen LogP contribution < -0.4 is 5.32 Å². The van der Waals surface area contributed by atoms with Crippen LogP contribution in [0.2, 0.25) is 0 Å². The largest absolute Gasteiger partial charge is 0.356 e. The highest BCUT2D eigenvalue weighted by Gasteiger charge is 2.13. The summed E-state index contributed by atoms with van der Waals surface area (Å²) in [5.41, 5.74) is 2.21. The van der Waals surface area contributed by atoms with Crippen molar-refractivity contribution in [3.05, 3.63) is 24.4 Å². The Bertz CT molecular complexity index is 822. The van der Waals surface area contributed by atoms with Crippen LogP contribution in [0.1, 0.15) is 25.6 Å². The zero-order valence-electron chi connectivity index (χ0n) is 13.1. The number of fused-ring (bicyclic) bond motifs is 1. The number of hydrogen-bond donors (Lipinski definition) is 1. The maximum atomic E-state index is 11.8. The molecule has 0 radical (unpaired) electrons. The van der Waals surface area contributed by atoms with E-state index in [1.54, 1.807) is 12.5 Å². The van der Waals surface area contributed by atoms with Gasteiger partial charge in [0.1, 0.15) is 5.52 Å². The zero-order chi connectivity index (χ0) is 16.2. The topological polar surface area (TPSA) is 98.7 Å². The van der Waals surface area contributed by atoms with Gasteiger partial charge in [-0.15, -0.1) is 0 Å². The SMILES string of the molecule is CCCCNC(=O)Cc1noc(-c2cnc3c(c2)ncn3C)n1. The lowest BCUT2D eigenvalue weighted by Gasteiger charge is -2.00. The van der Waals surface area contributed by atoms with Gasteiger partial charge in [0, 0.05) is 19.8 Å². The number of nitrogens with zero attached hydrogens (tertiary/aromatic N) is 5. The fourth-order valence-corrected chi connectivity index (χ4v) is 2.19. The maximum Gasteiger partial charge on any atom is 0.259 e. The number of aromatic nitrogens is 5. The molecule has 1 amide bonds. The van der Waals surface area contributed by atoms with Crippen LogP contribution in [0.5, 0.6) is 0 Å². The van der Waals surface area contributed by atoms with Crippen LogP contribution in [0.4, 0.5) is 0 Å². The van der Waals surface area contributed by atoms with Crippen LogP contribution in [-0.2, 0) is 18.3 Å². The summed E-state index contributed by atoms with van der Waals surface area (Å²) in [5.74, 6) is 0.584. The fourth-order valence-electron chi connectivity index (χ4n) is 2.19. The van der Waals surface area contributed by atoms with E-state index in [9.17, 15) is 4.79 Å². The van der Waals surface area contributed by atoms with Crippen molar-refractivity contribution in [3.8, 4) is 11.5 Å². The maximum absolute atomic E-state index is 11.8. The number of pyridine rings is 1. The molecular weight excluding hydrogens is 296 g/mol. The van der Waals surface area contributed by atoms with Crippen molar-refractivity contribution in [2.75, 3.05) is 6.54 Å². The second kappa shape index (κ2) is 6.55. The van der Waals surface area contributed by atoms with E-state index in [1.165, 1.54) is 0 Å². The van der Waals surface area contributed by atoms with Crippen LogP contribution in [-0.4, -0.2) is 37.1 Å². The molecule has 0 saturated carbocycles. The summed E-state index contributed by atoms with van der Waals surface area (Å²) in [7, 11) is 1.88. The number of rotatable bonds is 6. The standard InChI is InChI=1S/C15H18N6O2/c1-3-4-5-16-13(22)7-12-19-15(23-20-12)10-6-11-14(17-8-10)21(2)9-18-11/h6,8-9H,3-5,7H2,1-2H3,(H,16,22). The molecule has 0 aromatic carbocycles. The number of imidazole rings is 1. The molecule has 8 nitrogen and oxygen atoms in total. The highest BCUT2D eigenvalue weighted by molar-refractivity contribution is 5.78. The third-order valence-electron chi connectivity index (χ3n) is 3.44. The number of carbonyl (C=O) groups is 1. The van der Waals surface area contributed by atoms with Crippen molar-refractivity contribution in [3.63, 3.8) is 0 Å². The zero-order valence-corrected chi connectivity index (χ0v) is 13.1. The van der Waals surface area contributed by atoms with Crippen LogP contribution in [0.25, 0.3) is 22.6 Å². The number of unbranched alkanes of at least 4 members (excludes halogenated alkanes) is 1. The Hall–Kier alpha value is -2.77. The quantitative estimate of drug-likeness (QED) is 0.692. The Morgan fingerprint density at radius 3 is 3.09 bits per heavy atom. The molecule has 23 heavy (non-hydrogen) atoms. The minimum atomic E-state index is -0.107. The average Bonchev–Trinajstić information content (AvgIpc) is 3.15. The van der Waals surface area contributed by atoms with Crippen LogP contribution in [0, 0.1) is 0 Å². The molecule has 3 aromatic rings. The molecule has 0 aliphatic heterocycles. The molecule has 3 heterocycles. The molecule has 0 aliphatic rings. The minimum Gasteiger partial charge on any atom is -0.356 e. The van der Waals surface area contributed by atoms with Gasteiger partial charge in [-0.3, -0.25) is 4.79 Å². The number of nitrogens with one attached hydrogen (secondary N) is 1. The van der Waals surface area contributed by atoms with Crippen molar-refractivity contribution in [1.82, 2.24) is 30.0 Å². The first-order chi connectivity index (χ1) is 11.2. The molecule has 0 atom stereocenters. The third-order valence-corrected chi connectivity index (χ3v) is 3.44. The Morgan fingerprint density at radius 2 is 2.26 bits per heavy atom. The van der Waals surface area contributed by atoms with Crippen molar-refractivity contribution >= 4 is 17.1 Å². The number of amides is 1. The van der Waals surface area contributed by atoms with Gasteiger partial charge in [-0.25, -0.2) is 9.97 Å². The number of carbonyl (C=O) groups excluding carboxylic acids is 1. The van der Waals surface area contributed by atoms with Crippen molar-refractivity contribution in [2.45, 2.75) is 26.2 Å². The van der Waals surface area contributed by atoms with E-state index in [2.05, 4.69) is 32.3 Å². The molecule has 0 unspecified atom stereocenters. The van der Waals surface area contributed by atoms with E-state index in [1.807, 2.05) is 17.7 Å². The van der Waals surface area contributed by atoms with Gasteiger partial charge >= 0.3 is 0 Å². The van der Waals surface area contributed by atoms with Crippen LogP contribution in [0.15, 0.2) is 23.1 Å². The molecule has 0 aliphatic carbocycles. The molecule has 3 rings (SSSR count). The first kappa shape index (κ1) is 15.1. The van der Waals surface area contributed by atoms with Gasteiger partial charge < -0.3 is 14.4 Å². The van der Waals surface area contributed by atoms with E-state index >= 15 is 0 Å². The van der Waals surface area contributed by atoms with Crippen molar-refractivity contribution in [2.24, 2.45) is 7.05 Å². The van der Waals surface area contributed by atoms with Gasteiger partial charge in [-0.1, -0.05) is 18.5 Å². The predicted octanol–water partition coefficient (Wildman–Crippen LogP) is 1.48. The summed E-state index contributed by atoms with van der Waals surface area (Å²) < 4.78 is 7.05. The molecule has 0 spiro atoms. The fraction of sp³-hybridized carbons (Fsp3) is 0.400. The predicted molar refractivity (Wildman–Crippen MR) is 83.4 cm³/mol. The van der Waals surface area contributed by atoms with E-state index in [0.717, 1.165) is 24.0 Å². The summed E-state index contributed by atoms with van der Waals surface area (Å²) >= 11 is 0. The number of hydrogen-bond acceptors (Lipinski definition) is 6. The second-order valence-corrected chi connectivity index (χ2v) is 5.32. The third kappa shape index (κ3) is 3.36. The average molecular weight is 314 g/mol. The summed E-state index contributed by atoms with van der Waals surface area (Å²) in [6.07, 6.45) is 5.45. The molecular formula is C15H18N6O2. The number of aryl methyl sites for hydroxylation is 1. The molecule has 0 saturated heterocycles. The monoisotopic (exact) mass is 314 g/mol. The molecule has 1 N–H and O–H groups in total. The lowest BCUT2D eigenvalue weighted by atomic mass is 10.2. The van der Waals surface area contributed by atoms with Crippen LogP contribution in [0.3, 0.4) is 0 Å². The van der Waals surface area contributed by atoms with E-state index in [-0.39, 0.29) is 12.3 Å². The molecule has 0 fully saturated rings. The molecule has 3 aromatic heterocycles. The summed E-state index contributed by atoms with van der Waals surface area (Å²) in [4.78, 5) is 24.6. The minimum absolute atomic E-state index is 0.104. The van der Waals surface area contributed by atoms with E-state index in [4.69, 9.17) is 4.52 Å². The Balaban J connectivity index is 1.71. The van der Waals surface area contributed by atoms with E-state index in [0.29, 0.717) is 23.8 Å². The van der Waals surface area contributed by atoms with Gasteiger partial charge in [0.2, 0.25) is 5.91 Å². The summed E-state index contributed by atoms with van der Waals surface area (Å²) in [5, 5.41) is 6.67. The molecule has 0 bridgehead atoms. The molecule has 8 heteroatoms. The Kier molecular flexibility index (Phi) is 4.31. The van der Waals surface area contributed by atoms with Crippen molar-refractivity contribution in [1.29, 1.82) is 0 Å². The summed E-state index contributed by atoms with van der Waals surface area (Å²) in [6.45, 7) is 2.74. The second-order valence-electron chi connectivity index (χ2n) is 5.32. The lowest BCUT2D eigenvalue weighted by Crippen LogP contribution is -2.26. The van der Waals surface area contributed by atoms with E-state index < -0.39 is 0 Å². The summed E-state index contributed by atoms with van der Waals surface area (Å²) in [6, 6.07) is 1.83. The van der Waals surface area contributed by atoms with Gasteiger partial charge in [0.05, 0.1) is 18.3 Å². The Labute approximate surface area is 132 Å². The normalized spacial score (nSPS) is 11.0. The molecule has 120 valence electrons. The highest BCUT2D eigenvalue weighted by Crippen LogP contribution is 2.20. The van der Waals surface area contributed by atoms with Gasteiger partial charge in [-0.05, 0) is 12.5 Å². The first-order valence-corrected chi connectivity index (χ1v) is 7.54.